The molecule has 3 aliphatic rings. The molecule has 3 aliphatic heterocycles. The van der Waals surface area contributed by atoms with Crippen molar-refractivity contribution in [2.24, 2.45) is 5.92 Å². The van der Waals surface area contributed by atoms with Gasteiger partial charge >= 0.3 is 6.03 Å². The van der Waals surface area contributed by atoms with E-state index in [0.717, 1.165) is 30.9 Å². The van der Waals surface area contributed by atoms with Crippen molar-refractivity contribution < 1.29 is 19.1 Å². The van der Waals surface area contributed by atoms with E-state index >= 15 is 0 Å². The van der Waals surface area contributed by atoms with Crippen LogP contribution in [-0.2, 0) is 9.53 Å². The predicted molar refractivity (Wildman–Crippen MR) is 98.6 cm³/mol. The van der Waals surface area contributed by atoms with Crippen LogP contribution in [0.1, 0.15) is 19.8 Å². The molecular weight excluding hydrogens is 348 g/mol. The Morgan fingerprint density at radius 3 is 2.74 bits per heavy atom. The summed E-state index contributed by atoms with van der Waals surface area (Å²) in [5.74, 6) is 0.849. The Balaban J connectivity index is 1.46. The summed E-state index contributed by atoms with van der Waals surface area (Å²) in [6, 6.07) is 7.11. The highest BCUT2D eigenvalue weighted by Crippen LogP contribution is 2.27. The van der Waals surface area contributed by atoms with Crippen LogP contribution in [0.4, 0.5) is 10.5 Å². The normalized spacial score (nSPS) is 25.1. The van der Waals surface area contributed by atoms with E-state index in [1.807, 2.05) is 31.2 Å². The molecule has 3 heterocycles. The van der Waals surface area contributed by atoms with Crippen molar-refractivity contribution in [2.45, 2.75) is 25.9 Å². The molecule has 0 aromatic heterocycles. The molecule has 27 heavy (non-hydrogen) atoms. The number of ether oxygens (including phenoxy) is 2. The first-order valence-corrected chi connectivity index (χ1v) is 9.35. The fourth-order valence-corrected chi connectivity index (χ4v) is 3.61. The van der Waals surface area contributed by atoms with Gasteiger partial charge in [-0.2, -0.15) is 5.43 Å². The van der Waals surface area contributed by atoms with Gasteiger partial charge in [-0.25, -0.2) is 4.79 Å². The van der Waals surface area contributed by atoms with Crippen LogP contribution in [0, 0.1) is 5.92 Å². The van der Waals surface area contributed by atoms with Gasteiger partial charge < -0.3 is 9.47 Å². The lowest BCUT2D eigenvalue weighted by Gasteiger charge is -2.29. The average molecular weight is 372 g/mol. The van der Waals surface area contributed by atoms with Crippen molar-refractivity contribution in [3.8, 4) is 5.75 Å². The molecule has 1 N–H and O–H groups in total. The number of urea groups is 1. The first-order chi connectivity index (χ1) is 13.2. The van der Waals surface area contributed by atoms with Gasteiger partial charge in [0.25, 0.3) is 5.91 Å². The summed E-state index contributed by atoms with van der Waals surface area (Å²) in [4.78, 5) is 28.6. The Morgan fingerprint density at radius 2 is 2.04 bits per heavy atom. The van der Waals surface area contributed by atoms with Gasteiger partial charge in [0.1, 0.15) is 5.75 Å². The Bertz CT molecular complexity index is 730. The molecule has 2 unspecified atom stereocenters. The second-order valence-corrected chi connectivity index (χ2v) is 6.85. The molecular formula is C19H24N4O4. The van der Waals surface area contributed by atoms with Crippen LogP contribution in [0.5, 0.6) is 5.75 Å². The van der Waals surface area contributed by atoms with Crippen LogP contribution in [0.3, 0.4) is 0 Å². The maximum atomic E-state index is 12.9. The van der Waals surface area contributed by atoms with E-state index < -0.39 is 6.17 Å². The van der Waals surface area contributed by atoms with Crippen molar-refractivity contribution in [2.75, 3.05) is 31.3 Å². The largest absolute Gasteiger partial charge is 0.494 e. The Labute approximate surface area is 158 Å². The van der Waals surface area contributed by atoms with Gasteiger partial charge in [-0.1, -0.05) is 0 Å². The summed E-state index contributed by atoms with van der Waals surface area (Å²) in [5.41, 5.74) is 3.79. The Hall–Kier alpha value is -2.58. The number of fused-ring (bicyclic) bond motifs is 1. The molecule has 4 rings (SSSR count). The third-order valence-electron chi connectivity index (χ3n) is 4.98. The zero-order valence-electron chi connectivity index (χ0n) is 15.3. The van der Waals surface area contributed by atoms with Crippen molar-refractivity contribution in [1.29, 1.82) is 0 Å². The van der Waals surface area contributed by atoms with E-state index in [1.54, 1.807) is 17.3 Å². The molecule has 0 radical (unpaired) electrons. The molecule has 2 fully saturated rings. The zero-order chi connectivity index (χ0) is 18.8. The summed E-state index contributed by atoms with van der Waals surface area (Å²) in [7, 11) is 0. The van der Waals surface area contributed by atoms with Gasteiger partial charge in [-0.3, -0.25) is 19.6 Å². The molecule has 8 nitrogen and oxygen atoms in total. The minimum Gasteiger partial charge on any atom is -0.494 e. The van der Waals surface area contributed by atoms with Crippen LogP contribution in [0.25, 0.3) is 0 Å². The smallest absolute Gasteiger partial charge is 0.340 e. The molecule has 0 aliphatic carbocycles. The second kappa shape index (κ2) is 7.58. The van der Waals surface area contributed by atoms with Crippen LogP contribution in [-0.4, -0.2) is 54.4 Å². The van der Waals surface area contributed by atoms with Crippen molar-refractivity contribution in [3.63, 3.8) is 0 Å². The minimum atomic E-state index is -0.724. The van der Waals surface area contributed by atoms with E-state index in [0.29, 0.717) is 19.8 Å². The van der Waals surface area contributed by atoms with Crippen molar-refractivity contribution >= 4 is 17.6 Å². The Kier molecular flexibility index (Phi) is 5.00. The monoisotopic (exact) mass is 372 g/mol. The lowest BCUT2D eigenvalue weighted by Crippen LogP contribution is -2.52. The number of carbonyl (C=O) groups is 2. The number of carbonyl (C=O) groups excluding carboxylic acids is 2. The number of anilines is 1. The van der Waals surface area contributed by atoms with Gasteiger partial charge in [-0.05, 0) is 44.0 Å². The fraction of sp³-hybridized carbons (Fsp3) is 0.474. The topological polar surface area (TPSA) is 74.3 Å². The molecule has 0 spiro atoms. The highest BCUT2D eigenvalue weighted by atomic mass is 16.5. The van der Waals surface area contributed by atoms with E-state index in [-0.39, 0.29) is 17.9 Å². The van der Waals surface area contributed by atoms with Crippen molar-refractivity contribution in [3.05, 3.63) is 36.7 Å². The number of hydrogen-bond acceptors (Lipinski definition) is 5. The molecule has 0 bridgehead atoms. The maximum absolute atomic E-state index is 12.9. The molecule has 1 aromatic carbocycles. The quantitative estimate of drug-likeness (QED) is 0.855. The third-order valence-corrected chi connectivity index (χ3v) is 4.98. The first-order valence-electron chi connectivity index (χ1n) is 9.35. The number of hydrogen-bond donors (Lipinski definition) is 1. The number of amides is 3. The second-order valence-electron chi connectivity index (χ2n) is 6.85. The van der Waals surface area contributed by atoms with E-state index in [1.165, 1.54) is 9.91 Å². The summed E-state index contributed by atoms with van der Waals surface area (Å²) in [6.07, 6.45) is 4.58. The lowest BCUT2D eigenvalue weighted by molar-refractivity contribution is -0.122. The van der Waals surface area contributed by atoms with Gasteiger partial charge in [-0.15, -0.1) is 0 Å². The number of nitrogens with zero attached hydrogens (tertiary/aromatic N) is 3. The van der Waals surface area contributed by atoms with E-state index in [9.17, 15) is 9.59 Å². The van der Waals surface area contributed by atoms with Gasteiger partial charge in [0.05, 0.1) is 13.2 Å². The summed E-state index contributed by atoms with van der Waals surface area (Å²) in [6.45, 7) is 4.49. The SMILES string of the molecule is CCOc1ccc(N2C=CN3C(=O)N(CC4CCCOC4)NC3C2=O)cc1. The predicted octanol–water partition coefficient (Wildman–Crippen LogP) is 1.90. The zero-order valence-corrected chi connectivity index (χ0v) is 15.3. The van der Waals surface area contributed by atoms with Crippen LogP contribution < -0.4 is 15.1 Å². The molecule has 144 valence electrons. The van der Waals surface area contributed by atoms with Gasteiger partial charge in [0, 0.05) is 37.2 Å². The molecule has 2 saturated heterocycles. The van der Waals surface area contributed by atoms with Gasteiger partial charge in [0.2, 0.25) is 0 Å². The van der Waals surface area contributed by atoms with Crippen molar-refractivity contribution in [1.82, 2.24) is 15.3 Å². The number of hydrazine groups is 1. The summed E-state index contributed by atoms with van der Waals surface area (Å²) in [5, 5.41) is 1.54. The molecule has 8 heteroatoms. The third kappa shape index (κ3) is 3.50. The average Bonchev–Trinajstić information content (AvgIpc) is 3.01. The van der Waals surface area contributed by atoms with Crippen LogP contribution in [0.15, 0.2) is 36.7 Å². The maximum Gasteiger partial charge on any atom is 0.340 e. The van der Waals surface area contributed by atoms with E-state index in [2.05, 4.69) is 5.43 Å². The number of rotatable bonds is 5. The Morgan fingerprint density at radius 1 is 1.22 bits per heavy atom. The summed E-state index contributed by atoms with van der Waals surface area (Å²) < 4.78 is 10.9. The molecule has 1 aromatic rings. The number of nitrogens with one attached hydrogen (secondary N) is 1. The minimum absolute atomic E-state index is 0.197. The van der Waals surface area contributed by atoms with E-state index in [4.69, 9.17) is 9.47 Å². The van der Waals surface area contributed by atoms with Gasteiger partial charge in [0.15, 0.2) is 6.17 Å². The number of benzene rings is 1. The highest BCUT2D eigenvalue weighted by Gasteiger charge is 2.44. The standard InChI is InChI=1S/C19H24N4O4/c1-2-27-16-7-5-15(6-8-16)21-9-10-22-17(18(21)24)20-23(19(22)25)12-14-4-3-11-26-13-14/h5-10,14,17,20H,2-4,11-13H2,1H3. The lowest BCUT2D eigenvalue weighted by atomic mass is 10.0. The first kappa shape index (κ1) is 17.8. The molecule has 3 amide bonds. The highest BCUT2D eigenvalue weighted by molar-refractivity contribution is 6.02. The van der Waals surface area contributed by atoms with Crippen LogP contribution >= 0.6 is 0 Å². The molecule has 2 atom stereocenters. The fourth-order valence-electron chi connectivity index (χ4n) is 3.61. The summed E-state index contributed by atoms with van der Waals surface area (Å²) >= 11 is 0. The molecule has 0 saturated carbocycles. The van der Waals surface area contributed by atoms with Crippen LogP contribution in [0.2, 0.25) is 0 Å².